The monoisotopic (exact) mass is 1470 g/mol. The molecule has 0 heterocycles. The highest BCUT2D eigenvalue weighted by molar-refractivity contribution is 7.47. The molecule has 0 saturated carbocycles. The molecular formula is C81H158O17P2. The van der Waals surface area contributed by atoms with Gasteiger partial charge in [0.1, 0.15) is 19.3 Å². The number of phosphoric ester groups is 2. The van der Waals surface area contributed by atoms with Gasteiger partial charge in [-0.05, 0) is 37.5 Å². The van der Waals surface area contributed by atoms with E-state index in [0.29, 0.717) is 25.7 Å². The van der Waals surface area contributed by atoms with E-state index in [9.17, 15) is 43.2 Å². The molecule has 0 aliphatic heterocycles. The second kappa shape index (κ2) is 72.6. The number of rotatable bonds is 80. The van der Waals surface area contributed by atoms with Crippen LogP contribution >= 0.6 is 15.6 Å². The predicted octanol–water partition coefficient (Wildman–Crippen LogP) is 24.3. The molecule has 0 aliphatic carbocycles. The van der Waals surface area contributed by atoms with Crippen molar-refractivity contribution in [2.24, 2.45) is 11.8 Å². The number of carbonyl (C=O) groups is 4. The minimum Gasteiger partial charge on any atom is -0.462 e. The molecule has 0 aromatic carbocycles. The highest BCUT2D eigenvalue weighted by atomic mass is 31.2. The molecule has 17 nitrogen and oxygen atoms in total. The van der Waals surface area contributed by atoms with Crippen LogP contribution in [0.25, 0.3) is 0 Å². The molecule has 19 heteroatoms. The van der Waals surface area contributed by atoms with Crippen LogP contribution in [0, 0.1) is 11.8 Å². The Morgan fingerprint density at radius 2 is 0.460 bits per heavy atom. The number of hydrogen-bond acceptors (Lipinski definition) is 15. The fourth-order valence-electron chi connectivity index (χ4n) is 12.5. The highest BCUT2D eigenvalue weighted by Gasteiger charge is 2.30. The van der Waals surface area contributed by atoms with Gasteiger partial charge in [-0.2, -0.15) is 0 Å². The first kappa shape index (κ1) is 98.1. The van der Waals surface area contributed by atoms with Gasteiger partial charge in [0.25, 0.3) is 0 Å². The fourth-order valence-corrected chi connectivity index (χ4v) is 14.1. The molecule has 5 atom stereocenters. The number of phosphoric acid groups is 2. The Hall–Kier alpha value is -1.94. The molecule has 0 fully saturated rings. The minimum absolute atomic E-state index is 0.106. The summed E-state index contributed by atoms with van der Waals surface area (Å²) in [5.41, 5.74) is 0. The summed E-state index contributed by atoms with van der Waals surface area (Å²) in [5, 5.41) is 10.6. The first-order valence-corrected chi connectivity index (χ1v) is 45.0. The van der Waals surface area contributed by atoms with Gasteiger partial charge in [-0.1, -0.05) is 375 Å². The maximum absolute atomic E-state index is 13.1. The Kier molecular flexibility index (Phi) is 71.2. The van der Waals surface area contributed by atoms with Crippen molar-refractivity contribution in [1.82, 2.24) is 0 Å². The molecule has 3 N–H and O–H groups in total. The number of ether oxygens (including phenoxy) is 4. The second-order valence-electron chi connectivity index (χ2n) is 30.1. The topological polar surface area (TPSA) is 237 Å². The largest absolute Gasteiger partial charge is 0.472 e. The third-order valence-corrected chi connectivity index (χ3v) is 20.9. The fraction of sp³-hybridized carbons (Fsp3) is 0.951. The van der Waals surface area contributed by atoms with Gasteiger partial charge in [0.05, 0.1) is 26.4 Å². The molecule has 0 amide bonds. The maximum Gasteiger partial charge on any atom is 0.472 e. The third kappa shape index (κ3) is 74.3. The van der Waals surface area contributed by atoms with E-state index >= 15 is 0 Å². The standard InChI is InChI=1S/C81H158O17P2/c1-7-9-11-13-15-17-19-20-21-22-23-24-25-26-31-34-41-47-53-59-65-80(85)97-77(70-92-79(84)64-58-52-46-40-33-30-28-27-29-32-37-43-49-55-61-73(3)4)72-96-100(89,90)94-68-75(82)67-93-99(87,88)95-71-76(69-91-78(83)63-57-51-45-39-18-16-14-12-10-8-2)98-81(86)66-60-54-48-42-36-35-38-44-50-56-62-74(5)6/h73-77,82H,7-72H2,1-6H3,(H,87,88)(H,89,90)/t75-,76+,77+/m0/s1. The van der Waals surface area contributed by atoms with Crippen molar-refractivity contribution in [2.45, 2.75) is 445 Å². The molecule has 594 valence electrons. The predicted molar refractivity (Wildman–Crippen MR) is 409 cm³/mol. The SMILES string of the molecule is CCCCCCCCCCCCCCCCCCCCCCC(=O)O[C@H](COC(=O)CCCCCCCCCCCCCCCCC(C)C)COP(=O)(O)OC[C@@H](O)COP(=O)(O)OC[C@@H](COC(=O)CCCCCCCCCCCC)OC(=O)CCCCCCCCCCCCC(C)C. The lowest BCUT2D eigenvalue weighted by Crippen LogP contribution is -2.30. The van der Waals surface area contributed by atoms with Crippen LogP contribution in [0.3, 0.4) is 0 Å². The van der Waals surface area contributed by atoms with E-state index < -0.39 is 97.5 Å². The molecular weight excluding hydrogens is 1310 g/mol. The Balaban J connectivity index is 5.23. The second-order valence-corrected chi connectivity index (χ2v) is 33.0. The van der Waals surface area contributed by atoms with Gasteiger partial charge in [0, 0.05) is 25.7 Å². The van der Waals surface area contributed by atoms with Crippen LogP contribution in [-0.2, 0) is 65.4 Å². The maximum atomic E-state index is 13.1. The van der Waals surface area contributed by atoms with Crippen molar-refractivity contribution in [1.29, 1.82) is 0 Å². The van der Waals surface area contributed by atoms with Gasteiger partial charge in [0.15, 0.2) is 12.2 Å². The minimum atomic E-state index is -4.96. The summed E-state index contributed by atoms with van der Waals surface area (Å²) in [7, 11) is -9.92. The summed E-state index contributed by atoms with van der Waals surface area (Å²) >= 11 is 0. The average molecular weight is 1470 g/mol. The van der Waals surface area contributed by atoms with Crippen molar-refractivity contribution in [3.05, 3.63) is 0 Å². The number of unbranched alkanes of at least 4 members (excludes halogenated alkanes) is 50. The van der Waals surface area contributed by atoms with Gasteiger partial charge < -0.3 is 33.8 Å². The molecule has 0 rings (SSSR count). The molecule has 0 aromatic rings. The van der Waals surface area contributed by atoms with Gasteiger partial charge in [0.2, 0.25) is 0 Å². The molecule has 0 saturated heterocycles. The van der Waals surface area contributed by atoms with Crippen LogP contribution in [0.5, 0.6) is 0 Å². The lowest BCUT2D eigenvalue weighted by Gasteiger charge is -2.21. The first-order valence-electron chi connectivity index (χ1n) is 42.0. The summed E-state index contributed by atoms with van der Waals surface area (Å²) in [6.45, 7) is 9.64. The van der Waals surface area contributed by atoms with Gasteiger partial charge in [-0.25, -0.2) is 9.13 Å². The van der Waals surface area contributed by atoms with Crippen LogP contribution in [0.1, 0.15) is 427 Å². The Labute approximate surface area is 613 Å². The van der Waals surface area contributed by atoms with E-state index in [-0.39, 0.29) is 25.7 Å². The summed E-state index contributed by atoms with van der Waals surface area (Å²) in [6.07, 6.45) is 62.5. The van der Waals surface area contributed by atoms with E-state index in [4.69, 9.17) is 37.0 Å². The Bertz CT molecular complexity index is 1920. The van der Waals surface area contributed by atoms with Gasteiger partial charge in [-0.3, -0.25) is 37.3 Å². The lowest BCUT2D eigenvalue weighted by molar-refractivity contribution is -0.161. The molecule has 0 aliphatic rings. The van der Waals surface area contributed by atoms with E-state index in [0.717, 1.165) is 102 Å². The number of hydrogen-bond donors (Lipinski definition) is 3. The molecule has 100 heavy (non-hydrogen) atoms. The first-order chi connectivity index (χ1) is 48.4. The number of aliphatic hydroxyl groups is 1. The summed E-state index contributed by atoms with van der Waals surface area (Å²) < 4.78 is 68.7. The summed E-state index contributed by atoms with van der Waals surface area (Å²) in [6, 6.07) is 0. The Morgan fingerprint density at radius 1 is 0.270 bits per heavy atom. The molecule has 2 unspecified atom stereocenters. The third-order valence-electron chi connectivity index (χ3n) is 19.0. The molecule has 0 aromatic heterocycles. The van der Waals surface area contributed by atoms with Crippen molar-refractivity contribution < 1.29 is 80.2 Å². The van der Waals surface area contributed by atoms with E-state index in [1.807, 2.05) is 0 Å². The van der Waals surface area contributed by atoms with Crippen LogP contribution in [-0.4, -0.2) is 96.7 Å². The number of aliphatic hydroxyl groups excluding tert-OH is 1. The zero-order valence-corrected chi connectivity index (χ0v) is 67.3. The van der Waals surface area contributed by atoms with Gasteiger partial charge in [-0.15, -0.1) is 0 Å². The van der Waals surface area contributed by atoms with Crippen molar-refractivity contribution in [2.75, 3.05) is 39.6 Å². The number of esters is 4. The molecule has 0 radical (unpaired) electrons. The highest BCUT2D eigenvalue weighted by Crippen LogP contribution is 2.45. The summed E-state index contributed by atoms with van der Waals surface area (Å²) in [5.74, 6) is -0.558. The lowest BCUT2D eigenvalue weighted by atomic mass is 10.0. The summed E-state index contributed by atoms with van der Waals surface area (Å²) in [4.78, 5) is 73.0. The van der Waals surface area contributed by atoms with E-state index in [1.165, 1.54) is 244 Å². The van der Waals surface area contributed by atoms with Crippen molar-refractivity contribution in [3.63, 3.8) is 0 Å². The quantitative estimate of drug-likeness (QED) is 0.0222. The normalized spacial score (nSPS) is 13.9. The van der Waals surface area contributed by atoms with Gasteiger partial charge >= 0.3 is 39.5 Å². The zero-order chi connectivity index (χ0) is 73.5. The van der Waals surface area contributed by atoms with Crippen molar-refractivity contribution >= 4 is 39.5 Å². The van der Waals surface area contributed by atoms with Crippen LogP contribution in [0.2, 0.25) is 0 Å². The smallest absolute Gasteiger partial charge is 0.462 e. The number of carbonyl (C=O) groups excluding carboxylic acids is 4. The Morgan fingerprint density at radius 3 is 0.680 bits per heavy atom. The average Bonchev–Trinajstić information content (AvgIpc) is 0.926. The van der Waals surface area contributed by atoms with E-state index in [2.05, 4.69) is 41.5 Å². The molecule has 0 spiro atoms. The van der Waals surface area contributed by atoms with Crippen LogP contribution in [0.15, 0.2) is 0 Å². The van der Waals surface area contributed by atoms with Crippen molar-refractivity contribution in [3.8, 4) is 0 Å². The van der Waals surface area contributed by atoms with E-state index in [1.54, 1.807) is 0 Å². The molecule has 0 bridgehead atoms. The van der Waals surface area contributed by atoms with Crippen LogP contribution < -0.4 is 0 Å². The zero-order valence-electron chi connectivity index (χ0n) is 65.5. The van der Waals surface area contributed by atoms with Crippen LogP contribution in [0.4, 0.5) is 0 Å².